The highest BCUT2D eigenvalue weighted by atomic mass is 19.4. The second-order valence-electron chi connectivity index (χ2n) is 3.82. The Morgan fingerprint density at radius 1 is 1.15 bits per heavy atom. The summed E-state index contributed by atoms with van der Waals surface area (Å²) in [6.45, 7) is -0.292. The van der Waals surface area contributed by atoms with Crippen molar-refractivity contribution in [1.82, 2.24) is 19.5 Å². The summed E-state index contributed by atoms with van der Waals surface area (Å²) in [5.74, 6) is -0.350. The lowest BCUT2D eigenvalue weighted by atomic mass is 10.2. The maximum atomic E-state index is 12.6. The van der Waals surface area contributed by atoms with Gasteiger partial charge in [-0.1, -0.05) is 0 Å². The molecule has 2 aromatic rings. The second kappa shape index (κ2) is 4.79. The van der Waals surface area contributed by atoms with Crippen LogP contribution in [-0.2, 0) is 12.7 Å². The molecule has 0 saturated heterocycles. The average molecular weight is 286 g/mol. The maximum absolute atomic E-state index is 12.6. The molecule has 7 nitrogen and oxygen atoms in total. The Morgan fingerprint density at radius 3 is 2.30 bits per heavy atom. The first-order valence-electron chi connectivity index (χ1n) is 5.30. The van der Waals surface area contributed by atoms with E-state index in [0.717, 1.165) is 10.6 Å². The molecule has 0 unspecified atom stereocenters. The van der Waals surface area contributed by atoms with Gasteiger partial charge < -0.3 is 16.0 Å². The highest BCUT2D eigenvalue weighted by molar-refractivity contribution is 5.26. The van der Waals surface area contributed by atoms with E-state index in [0.29, 0.717) is 6.07 Å². The molecule has 0 bridgehead atoms. The molecule has 0 aromatic carbocycles. The fourth-order valence-electron chi connectivity index (χ4n) is 1.56. The number of nitrogen functional groups attached to an aromatic ring is 2. The van der Waals surface area contributed by atoms with Crippen molar-refractivity contribution in [2.75, 3.05) is 11.5 Å². The largest absolute Gasteiger partial charge is 0.421 e. The molecular formula is C10H9F3N6O. The van der Waals surface area contributed by atoms with Gasteiger partial charge in [0.2, 0.25) is 11.9 Å². The van der Waals surface area contributed by atoms with Crippen molar-refractivity contribution < 1.29 is 13.2 Å². The van der Waals surface area contributed by atoms with Crippen LogP contribution in [0.25, 0.3) is 0 Å². The number of aromatic nitrogens is 4. The molecule has 4 N–H and O–H groups in total. The molecule has 2 aromatic heterocycles. The Labute approximate surface area is 110 Å². The average Bonchev–Trinajstić information content (AvgIpc) is 2.29. The number of alkyl halides is 3. The quantitative estimate of drug-likeness (QED) is 0.819. The maximum Gasteiger partial charge on any atom is 0.421 e. The van der Waals surface area contributed by atoms with Crippen LogP contribution in [0.1, 0.15) is 11.4 Å². The molecule has 2 rings (SSSR count). The second-order valence-corrected chi connectivity index (χ2v) is 3.82. The van der Waals surface area contributed by atoms with Crippen molar-refractivity contribution in [2.24, 2.45) is 0 Å². The van der Waals surface area contributed by atoms with Crippen LogP contribution in [0, 0.1) is 0 Å². The Balaban J connectivity index is 2.42. The SMILES string of the molecule is Nc1nc(N)nc(Cn2cccc(C(F)(F)F)c2=O)n1. The van der Waals surface area contributed by atoms with E-state index in [-0.39, 0.29) is 24.3 Å². The van der Waals surface area contributed by atoms with Gasteiger partial charge in [-0.25, -0.2) is 0 Å². The Morgan fingerprint density at radius 2 is 1.75 bits per heavy atom. The molecule has 20 heavy (non-hydrogen) atoms. The lowest BCUT2D eigenvalue weighted by Crippen LogP contribution is -2.29. The molecule has 0 radical (unpaired) electrons. The van der Waals surface area contributed by atoms with Crippen LogP contribution in [-0.4, -0.2) is 19.5 Å². The normalized spacial score (nSPS) is 11.6. The van der Waals surface area contributed by atoms with E-state index in [1.54, 1.807) is 0 Å². The Hall–Kier alpha value is -2.65. The van der Waals surface area contributed by atoms with Crippen LogP contribution in [0.5, 0.6) is 0 Å². The van der Waals surface area contributed by atoms with Gasteiger partial charge in [0.25, 0.3) is 5.56 Å². The molecule has 0 atom stereocenters. The van der Waals surface area contributed by atoms with Crippen molar-refractivity contribution >= 4 is 11.9 Å². The smallest absolute Gasteiger partial charge is 0.368 e. The summed E-state index contributed by atoms with van der Waals surface area (Å²) in [7, 11) is 0. The Bertz CT molecular complexity index is 676. The molecule has 0 amide bonds. The number of nitrogens with two attached hydrogens (primary N) is 2. The van der Waals surface area contributed by atoms with Gasteiger partial charge in [-0.05, 0) is 12.1 Å². The highest BCUT2D eigenvalue weighted by Gasteiger charge is 2.34. The number of halogens is 3. The van der Waals surface area contributed by atoms with E-state index in [9.17, 15) is 18.0 Å². The first kappa shape index (κ1) is 13.8. The van der Waals surface area contributed by atoms with E-state index in [1.165, 1.54) is 6.20 Å². The van der Waals surface area contributed by atoms with Gasteiger partial charge in [-0.15, -0.1) is 0 Å². The highest BCUT2D eigenvalue weighted by Crippen LogP contribution is 2.25. The molecule has 0 aliphatic carbocycles. The number of rotatable bonds is 2. The van der Waals surface area contributed by atoms with Crippen molar-refractivity contribution in [3.05, 3.63) is 40.1 Å². The predicted octanol–water partition coefficient (Wildman–Crippen LogP) is 0.265. The van der Waals surface area contributed by atoms with Crippen LogP contribution in [0.15, 0.2) is 23.1 Å². The molecule has 106 valence electrons. The summed E-state index contributed by atoms with van der Waals surface area (Å²) in [6.07, 6.45) is -3.54. The molecule has 10 heteroatoms. The molecule has 0 aliphatic heterocycles. The van der Waals surface area contributed by atoms with Crippen molar-refractivity contribution in [1.29, 1.82) is 0 Å². The minimum atomic E-state index is -4.72. The van der Waals surface area contributed by atoms with Gasteiger partial charge in [0.1, 0.15) is 5.56 Å². The minimum absolute atomic E-state index is 0.00331. The van der Waals surface area contributed by atoms with Crippen LogP contribution in [0.3, 0.4) is 0 Å². The summed E-state index contributed by atoms with van der Waals surface area (Å²) in [6, 6.07) is 1.81. The van der Waals surface area contributed by atoms with E-state index >= 15 is 0 Å². The summed E-state index contributed by atoms with van der Waals surface area (Å²) >= 11 is 0. The minimum Gasteiger partial charge on any atom is -0.368 e. The van der Waals surface area contributed by atoms with E-state index in [4.69, 9.17) is 11.5 Å². The fourth-order valence-corrected chi connectivity index (χ4v) is 1.56. The van der Waals surface area contributed by atoms with Gasteiger partial charge in [-0.2, -0.15) is 28.1 Å². The van der Waals surface area contributed by atoms with Crippen molar-refractivity contribution in [2.45, 2.75) is 12.7 Å². The zero-order valence-corrected chi connectivity index (χ0v) is 9.92. The molecule has 0 aliphatic rings. The topological polar surface area (TPSA) is 113 Å². The van der Waals surface area contributed by atoms with Gasteiger partial charge >= 0.3 is 6.18 Å². The summed E-state index contributed by atoms with van der Waals surface area (Å²) < 4.78 is 38.6. The van der Waals surface area contributed by atoms with Crippen LogP contribution in [0.4, 0.5) is 25.1 Å². The van der Waals surface area contributed by atoms with E-state index in [1.807, 2.05) is 0 Å². The summed E-state index contributed by atoms with van der Waals surface area (Å²) in [5, 5.41) is 0. The number of hydrogen-bond donors (Lipinski definition) is 2. The lowest BCUT2D eigenvalue weighted by Gasteiger charge is -2.09. The van der Waals surface area contributed by atoms with E-state index < -0.39 is 17.3 Å². The van der Waals surface area contributed by atoms with E-state index in [2.05, 4.69) is 15.0 Å². The van der Waals surface area contributed by atoms with Crippen molar-refractivity contribution in [3.8, 4) is 0 Å². The molecular weight excluding hydrogens is 277 g/mol. The number of anilines is 2. The Kier molecular flexibility index (Phi) is 3.30. The third-order valence-electron chi connectivity index (χ3n) is 2.35. The lowest BCUT2D eigenvalue weighted by molar-refractivity contribution is -0.138. The zero-order valence-electron chi connectivity index (χ0n) is 9.92. The standard InChI is InChI=1S/C10H9F3N6O/c11-10(12,13)5-2-1-3-19(7(5)20)4-6-16-8(14)18-9(15)17-6/h1-3H,4H2,(H4,14,15,16,17,18). The molecule has 0 fully saturated rings. The first-order chi connectivity index (χ1) is 9.27. The number of hydrogen-bond acceptors (Lipinski definition) is 6. The summed E-state index contributed by atoms with van der Waals surface area (Å²) in [4.78, 5) is 22.6. The number of nitrogens with zero attached hydrogens (tertiary/aromatic N) is 4. The van der Waals surface area contributed by atoms with Gasteiger partial charge in [0.15, 0.2) is 5.82 Å². The first-order valence-corrected chi connectivity index (χ1v) is 5.30. The monoisotopic (exact) mass is 286 g/mol. The zero-order chi connectivity index (χ0) is 14.9. The fraction of sp³-hybridized carbons (Fsp3) is 0.200. The predicted molar refractivity (Wildman–Crippen MR) is 63.5 cm³/mol. The number of pyridine rings is 1. The van der Waals surface area contributed by atoms with Crippen LogP contribution < -0.4 is 17.0 Å². The molecule has 0 spiro atoms. The molecule has 0 saturated carbocycles. The third kappa shape index (κ3) is 2.84. The van der Waals surface area contributed by atoms with Gasteiger partial charge in [-0.3, -0.25) is 4.79 Å². The molecule has 2 heterocycles. The van der Waals surface area contributed by atoms with Gasteiger partial charge in [0.05, 0.1) is 6.54 Å². The van der Waals surface area contributed by atoms with Crippen LogP contribution >= 0.6 is 0 Å². The third-order valence-corrected chi connectivity index (χ3v) is 2.35. The van der Waals surface area contributed by atoms with Crippen LogP contribution in [0.2, 0.25) is 0 Å². The summed E-state index contributed by atoms with van der Waals surface area (Å²) in [5.41, 5.74) is 8.22. The van der Waals surface area contributed by atoms with Crippen molar-refractivity contribution in [3.63, 3.8) is 0 Å². The van der Waals surface area contributed by atoms with Gasteiger partial charge in [0, 0.05) is 6.20 Å².